The average molecular weight is 303 g/mol. The zero-order valence-corrected chi connectivity index (χ0v) is 11.2. The quantitative estimate of drug-likeness (QED) is 0.811. The van der Waals surface area contributed by atoms with E-state index in [4.69, 9.17) is 0 Å². The Morgan fingerprint density at radius 1 is 1.24 bits per heavy atom. The second-order valence-corrected chi connectivity index (χ2v) is 5.10. The maximum atomic E-state index is 12.2. The number of hydrogen-bond donors (Lipinski definition) is 2. The van der Waals surface area contributed by atoms with Gasteiger partial charge in [0, 0.05) is 6.04 Å². The van der Waals surface area contributed by atoms with Crippen LogP contribution in [0.1, 0.15) is 18.4 Å². The highest BCUT2D eigenvalue weighted by atomic mass is 19.4. The number of alkyl halides is 3. The average Bonchev–Trinajstić information content (AvgIpc) is 3.20. The van der Waals surface area contributed by atoms with Crippen LogP contribution in [-0.4, -0.2) is 36.5 Å². The molecular weight excluding hydrogens is 287 g/mol. The van der Waals surface area contributed by atoms with Crippen molar-refractivity contribution in [2.24, 2.45) is 0 Å². The van der Waals surface area contributed by atoms with Crippen molar-refractivity contribution in [3.8, 4) is 0 Å². The van der Waals surface area contributed by atoms with E-state index in [1.54, 1.807) is 30.3 Å². The summed E-state index contributed by atoms with van der Waals surface area (Å²) in [5.74, 6) is -1.25. The van der Waals surface area contributed by atoms with Crippen LogP contribution in [0, 0.1) is 0 Å². The Hall–Kier alpha value is -1.60. The van der Waals surface area contributed by atoms with Crippen LogP contribution >= 0.6 is 0 Å². The lowest BCUT2D eigenvalue weighted by atomic mass is 9.90. The van der Waals surface area contributed by atoms with E-state index in [-0.39, 0.29) is 6.04 Å². The zero-order chi connectivity index (χ0) is 15.5. The maximum absolute atomic E-state index is 12.2. The number of ether oxygens (including phenoxy) is 1. The lowest BCUT2D eigenvalue weighted by molar-refractivity contribution is -0.183. The van der Waals surface area contributed by atoms with E-state index in [0.29, 0.717) is 5.56 Å². The van der Waals surface area contributed by atoms with Gasteiger partial charge in [0.2, 0.25) is 0 Å². The van der Waals surface area contributed by atoms with Crippen molar-refractivity contribution in [3.63, 3.8) is 0 Å². The lowest BCUT2D eigenvalue weighted by Crippen LogP contribution is -2.54. The summed E-state index contributed by atoms with van der Waals surface area (Å²) >= 11 is 0. The fraction of sp³-hybridized carbons (Fsp3) is 0.500. The molecule has 21 heavy (non-hydrogen) atoms. The molecule has 0 aromatic heterocycles. The van der Waals surface area contributed by atoms with Crippen LogP contribution in [-0.2, 0) is 15.1 Å². The molecule has 0 aliphatic heterocycles. The minimum Gasteiger partial charge on any atom is -0.480 e. The first kappa shape index (κ1) is 15.8. The van der Waals surface area contributed by atoms with Crippen molar-refractivity contribution < 1.29 is 27.8 Å². The molecular formula is C14H16F3NO3. The Balaban J connectivity index is 2.21. The molecule has 0 saturated heterocycles. The molecule has 1 aliphatic rings. The Morgan fingerprint density at radius 2 is 1.86 bits per heavy atom. The van der Waals surface area contributed by atoms with Gasteiger partial charge in [-0.3, -0.25) is 5.32 Å². The van der Waals surface area contributed by atoms with E-state index in [1.807, 2.05) is 0 Å². The van der Waals surface area contributed by atoms with Crippen LogP contribution < -0.4 is 5.32 Å². The number of carboxylic acids is 1. The molecule has 0 heterocycles. The molecule has 116 valence electrons. The van der Waals surface area contributed by atoms with Crippen molar-refractivity contribution in [1.82, 2.24) is 5.32 Å². The number of aliphatic carboxylic acids is 1. The third kappa shape index (κ3) is 4.18. The SMILES string of the molecule is O=C(O)C(COCC(F)(F)F)(NC1CC1)c1ccccc1. The van der Waals surface area contributed by atoms with E-state index in [9.17, 15) is 23.1 Å². The molecule has 0 bridgehead atoms. The number of benzene rings is 1. The molecule has 1 aromatic rings. The number of hydrogen-bond acceptors (Lipinski definition) is 3. The minimum absolute atomic E-state index is 0.00390. The van der Waals surface area contributed by atoms with Crippen molar-refractivity contribution >= 4 is 5.97 Å². The van der Waals surface area contributed by atoms with Gasteiger partial charge in [0.15, 0.2) is 5.54 Å². The molecule has 4 nitrogen and oxygen atoms in total. The first-order chi connectivity index (χ1) is 9.83. The molecule has 1 fully saturated rings. The summed E-state index contributed by atoms with van der Waals surface area (Å²) < 4.78 is 41.3. The summed E-state index contributed by atoms with van der Waals surface area (Å²) in [4.78, 5) is 11.7. The maximum Gasteiger partial charge on any atom is 0.411 e. The smallest absolute Gasteiger partial charge is 0.411 e. The van der Waals surface area contributed by atoms with Gasteiger partial charge in [-0.2, -0.15) is 13.2 Å². The van der Waals surface area contributed by atoms with Gasteiger partial charge >= 0.3 is 12.1 Å². The number of carbonyl (C=O) groups is 1. The number of halogens is 3. The van der Waals surface area contributed by atoms with Crippen molar-refractivity contribution in [2.45, 2.75) is 30.6 Å². The molecule has 0 amide bonds. The highest BCUT2D eigenvalue weighted by molar-refractivity contribution is 5.81. The van der Waals surface area contributed by atoms with Crippen LogP contribution in [0.4, 0.5) is 13.2 Å². The van der Waals surface area contributed by atoms with Crippen LogP contribution in [0.5, 0.6) is 0 Å². The normalized spacial score (nSPS) is 18.2. The molecule has 1 saturated carbocycles. The number of carboxylic acid groups (broad SMARTS) is 1. The molecule has 1 aromatic carbocycles. The third-order valence-electron chi connectivity index (χ3n) is 3.24. The molecule has 1 atom stereocenters. The molecule has 2 rings (SSSR count). The van der Waals surface area contributed by atoms with Gasteiger partial charge in [0.1, 0.15) is 6.61 Å². The van der Waals surface area contributed by atoms with Gasteiger partial charge in [0.05, 0.1) is 6.61 Å². The molecule has 0 spiro atoms. The lowest BCUT2D eigenvalue weighted by Gasteiger charge is -2.31. The standard InChI is InChI=1S/C14H16F3NO3/c15-14(16,17)9-21-8-13(12(19)20,18-11-6-7-11)10-4-2-1-3-5-10/h1-5,11,18H,6-9H2,(H,19,20). The van der Waals surface area contributed by atoms with Crippen molar-refractivity contribution in [2.75, 3.05) is 13.2 Å². The van der Waals surface area contributed by atoms with E-state index in [2.05, 4.69) is 10.1 Å². The molecule has 1 unspecified atom stereocenters. The molecule has 2 N–H and O–H groups in total. The van der Waals surface area contributed by atoms with Crippen LogP contribution in [0.25, 0.3) is 0 Å². The summed E-state index contributed by atoms with van der Waals surface area (Å²) in [6.45, 7) is -2.05. The van der Waals surface area contributed by atoms with Gasteiger partial charge in [-0.05, 0) is 18.4 Å². The summed E-state index contributed by atoms with van der Waals surface area (Å²) in [6, 6.07) is 8.14. The van der Waals surface area contributed by atoms with Crippen LogP contribution in [0.3, 0.4) is 0 Å². The highest BCUT2D eigenvalue weighted by Crippen LogP contribution is 2.30. The van der Waals surface area contributed by atoms with Crippen molar-refractivity contribution in [1.29, 1.82) is 0 Å². The minimum atomic E-state index is -4.49. The first-order valence-electron chi connectivity index (χ1n) is 6.54. The largest absolute Gasteiger partial charge is 0.480 e. The van der Waals surface area contributed by atoms with E-state index >= 15 is 0 Å². The highest BCUT2D eigenvalue weighted by Gasteiger charge is 2.45. The Morgan fingerprint density at radius 3 is 2.33 bits per heavy atom. The molecule has 7 heteroatoms. The Labute approximate surface area is 119 Å². The predicted molar refractivity (Wildman–Crippen MR) is 68.8 cm³/mol. The topological polar surface area (TPSA) is 58.6 Å². The van der Waals surface area contributed by atoms with Crippen LogP contribution in [0.2, 0.25) is 0 Å². The van der Waals surface area contributed by atoms with Crippen LogP contribution in [0.15, 0.2) is 30.3 Å². The fourth-order valence-corrected chi connectivity index (χ4v) is 2.07. The Kier molecular flexibility index (Phi) is 4.53. The first-order valence-corrected chi connectivity index (χ1v) is 6.54. The van der Waals surface area contributed by atoms with E-state index in [1.165, 1.54) is 0 Å². The van der Waals surface area contributed by atoms with Gasteiger partial charge in [-0.15, -0.1) is 0 Å². The van der Waals surface area contributed by atoms with Gasteiger partial charge in [-0.25, -0.2) is 4.79 Å². The summed E-state index contributed by atoms with van der Waals surface area (Å²) in [5, 5.41) is 12.5. The van der Waals surface area contributed by atoms with E-state index in [0.717, 1.165) is 12.8 Å². The number of nitrogens with one attached hydrogen (secondary N) is 1. The molecule has 1 aliphatic carbocycles. The summed E-state index contributed by atoms with van der Waals surface area (Å²) in [6.07, 6.45) is -2.87. The Bertz CT molecular complexity index is 488. The zero-order valence-electron chi connectivity index (χ0n) is 11.2. The van der Waals surface area contributed by atoms with Crippen molar-refractivity contribution in [3.05, 3.63) is 35.9 Å². The van der Waals surface area contributed by atoms with Gasteiger partial charge in [-0.1, -0.05) is 30.3 Å². The molecule has 0 radical (unpaired) electrons. The van der Waals surface area contributed by atoms with Gasteiger partial charge < -0.3 is 9.84 Å². The second-order valence-electron chi connectivity index (χ2n) is 5.10. The van der Waals surface area contributed by atoms with Gasteiger partial charge in [0.25, 0.3) is 0 Å². The van der Waals surface area contributed by atoms with E-state index < -0.39 is 30.9 Å². The monoisotopic (exact) mass is 303 g/mol. The summed E-state index contributed by atoms with van der Waals surface area (Å²) in [5.41, 5.74) is -1.28. The fourth-order valence-electron chi connectivity index (χ4n) is 2.07. The summed E-state index contributed by atoms with van der Waals surface area (Å²) in [7, 11) is 0. The third-order valence-corrected chi connectivity index (χ3v) is 3.24. The number of rotatable bonds is 7. The predicted octanol–water partition coefficient (Wildman–Crippen LogP) is 2.30. The second kappa shape index (κ2) is 6.03.